The summed E-state index contributed by atoms with van der Waals surface area (Å²) in [6.07, 6.45) is 2.33. The van der Waals surface area contributed by atoms with E-state index in [4.69, 9.17) is 15.2 Å². The van der Waals surface area contributed by atoms with E-state index in [0.29, 0.717) is 37.7 Å². The number of nitrogens with two attached hydrogens (primary N) is 1. The van der Waals surface area contributed by atoms with Crippen molar-refractivity contribution in [2.24, 2.45) is 5.73 Å². The van der Waals surface area contributed by atoms with Gasteiger partial charge < -0.3 is 15.2 Å². The fourth-order valence-corrected chi connectivity index (χ4v) is 1.88. The summed E-state index contributed by atoms with van der Waals surface area (Å²) in [7, 11) is 0. The lowest BCUT2D eigenvalue weighted by Gasteiger charge is -2.18. The van der Waals surface area contributed by atoms with E-state index in [1.807, 2.05) is 18.2 Å². The molecule has 0 bridgehead atoms. The fraction of sp³-hybridized carbons (Fsp3) is 0.308. The normalized spacial score (nSPS) is 13.3. The van der Waals surface area contributed by atoms with Crippen molar-refractivity contribution in [1.82, 2.24) is 15.2 Å². The predicted octanol–water partition coefficient (Wildman–Crippen LogP) is 0.811. The first-order valence-electron chi connectivity index (χ1n) is 6.15. The van der Waals surface area contributed by atoms with Crippen LogP contribution in [0.2, 0.25) is 0 Å². The molecule has 0 amide bonds. The van der Waals surface area contributed by atoms with Gasteiger partial charge in [-0.15, -0.1) is 10.2 Å². The molecule has 0 unspecified atom stereocenters. The molecule has 3 rings (SSSR count). The molecule has 0 saturated heterocycles. The molecule has 1 aromatic heterocycles. The largest absolute Gasteiger partial charge is 0.486 e. The number of nitrogens with zero attached hydrogens (tertiary/aromatic N) is 3. The van der Waals surface area contributed by atoms with Gasteiger partial charge in [0.25, 0.3) is 0 Å². The number of fused-ring (bicyclic) bond motifs is 1. The van der Waals surface area contributed by atoms with Gasteiger partial charge in [-0.25, -0.2) is 4.98 Å². The van der Waals surface area contributed by atoms with Crippen molar-refractivity contribution in [2.75, 3.05) is 19.8 Å². The van der Waals surface area contributed by atoms with E-state index >= 15 is 0 Å². The maximum atomic E-state index is 5.54. The summed E-state index contributed by atoms with van der Waals surface area (Å²) >= 11 is 0. The molecule has 0 spiro atoms. The van der Waals surface area contributed by atoms with Gasteiger partial charge in [0, 0.05) is 12.0 Å². The van der Waals surface area contributed by atoms with Gasteiger partial charge in [-0.05, 0) is 24.7 Å². The quantitative estimate of drug-likeness (QED) is 0.877. The second-order valence-electron chi connectivity index (χ2n) is 4.16. The highest BCUT2D eigenvalue weighted by molar-refractivity contribution is 5.63. The predicted molar refractivity (Wildman–Crippen MR) is 69.0 cm³/mol. The smallest absolute Gasteiger partial charge is 0.162 e. The Balaban J connectivity index is 1.89. The minimum atomic E-state index is 0.519. The Hall–Kier alpha value is -2.21. The van der Waals surface area contributed by atoms with Crippen molar-refractivity contribution in [2.45, 2.75) is 6.42 Å². The van der Waals surface area contributed by atoms with Crippen LogP contribution in [0.1, 0.15) is 5.82 Å². The first-order valence-corrected chi connectivity index (χ1v) is 6.15. The molecular weight excluding hydrogens is 244 g/mol. The second kappa shape index (κ2) is 5.19. The summed E-state index contributed by atoms with van der Waals surface area (Å²) in [5.74, 6) is 2.15. The molecule has 1 aromatic carbocycles. The number of hydrogen-bond donors (Lipinski definition) is 1. The highest BCUT2D eigenvalue weighted by Gasteiger charge is 2.13. The van der Waals surface area contributed by atoms with E-state index in [2.05, 4.69) is 15.2 Å². The fourth-order valence-electron chi connectivity index (χ4n) is 1.88. The molecule has 2 heterocycles. The Morgan fingerprint density at radius 3 is 2.68 bits per heavy atom. The number of ether oxygens (including phenoxy) is 2. The van der Waals surface area contributed by atoms with Crippen LogP contribution in [0.25, 0.3) is 11.3 Å². The Morgan fingerprint density at radius 2 is 1.95 bits per heavy atom. The van der Waals surface area contributed by atoms with E-state index < -0.39 is 0 Å². The van der Waals surface area contributed by atoms with Crippen LogP contribution in [0.3, 0.4) is 0 Å². The molecular formula is C13H14N4O2. The lowest BCUT2D eigenvalue weighted by molar-refractivity contribution is 0.171. The van der Waals surface area contributed by atoms with Crippen molar-refractivity contribution in [3.8, 4) is 22.8 Å². The Bertz CT molecular complexity index is 571. The van der Waals surface area contributed by atoms with Gasteiger partial charge in [0.2, 0.25) is 0 Å². The molecule has 0 radical (unpaired) electrons. The van der Waals surface area contributed by atoms with Crippen LogP contribution in [0.5, 0.6) is 11.5 Å². The first kappa shape index (κ1) is 11.9. The average molecular weight is 258 g/mol. The molecule has 0 aliphatic carbocycles. The van der Waals surface area contributed by atoms with Crippen LogP contribution < -0.4 is 15.2 Å². The molecule has 2 N–H and O–H groups in total. The molecule has 1 aliphatic rings. The van der Waals surface area contributed by atoms with Crippen LogP contribution >= 0.6 is 0 Å². The van der Waals surface area contributed by atoms with E-state index in [1.165, 1.54) is 0 Å². The topological polar surface area (TPSA) is 83.2 Å². The van der Waals surface area contributed by atoms with Crippen molar-refractivity contribution in [3.05, 3.63) is 30.2 Å². The van der Waals surface area contributed by atoms with Crippen LogP contribution in [0.15, 0.2) is 24.4 Å². The maximum Gasteiger partial charge on any atom is 0.162 e. The molecule has 2 aromatic rings. The van der Waals surface area contributed by atoms with Gasteiger partial charge in [-0.1, -0.05) is 0 Å². The van der Waals surface area contributed by atoms with Gasteiger partial charge in [0.05, 0.1) is 6.20 Å². The third-order valence-electron chi connectivity index (χ3n) is 2.81. The van der Waals surface area contributed by atoms with Crippen molar-refractivity contribution < 1.29 is 9.47 Å². The van der Waals surface area contributed by atoms with Crippen molar-refractivity contribution >= 4 is 0 Å². The van der Waals surface area contributed by atoms with E-state index in [1.54, 1.807) is 6.20 Å². The minimum absolute atomic E-state index is 0.519. The minimum Gasteiger partial charge on any atom is -0.486 e. The van der Waals surface area contributed by atoms with E-state index in [0.717, 1.165) is 17.1 Å². The Kier molecular flexibility index (Phi) is 3.24. The second-order valence-corrected chi connectivity index (χ2v) is 4.16. The summed E-state index contributed by atoms with van der Waals surface area (Å²) in [5, 5.41) is 8.20. The molecule has 98 valence electrons. The van der Waals surface area contributed by atoms with Crippen molar-refractivity contribution in [3.63, 3.8) is 0 Å². The summed E-state index contributed by atoms with van der Waals surface area (Å²) in [4.78, 5) is 4.23. The van der Waals surface area contributed by atoms with Gasteiger partial charge in [0.1, 0.15) is 18.9 Å². The molecule has 0 saturated carbocycles. The number of hydrogen-bond acceptors (Lipinski definition) is 6. The third kappa shape index (κ3) is 2.48. The lowest BCUT2D eigenvalue weighted by atomic mass is 10.1. The van der Waals surface area contributed by atoms with Gasteiger partial charge >= 0.3 is 0 Å². The Labute approximate surface area is 110 Å². The molecule has 0 atom stereocenters. The molecule has 19 heavy (non-hydrogen) atoms. The van der Waals surface area contributed by atoms with Gasteiger partial charge in [-0.2, -0.15) is 0 Å². The molecule has 1 aliphatic heterocycles. The van der Waals surface area contributed by atoms with E-state index in [-0.39, 0.29) is 0 Å². The summed E-state index contributed by atoms with van der Waals surface area (Å²) < 4.78 is 11.0. The zero-order chi connectivity index (χ0) is 13.1. The van der Waals surface area contributed by atoms with Crippen molar-refractivity contribution in [1.29, 1.82) is 0 Å². The third-order valence-corrected chi connectivity index (χ3v) is 2.81. The maximum absolute atomic E-state index is 5.54. The standard InChI is InChI=1S/C13H14N4O2/c14-4-3-13-15-8-10(16-17-13)9-1-2-11-12(7-9)19-6-5-18-11/h1-2,7-8H,3-6,14H2. The number of benzene rings is 1. The number of rotatable bonds is 3. The average Bonchev–Trinajstić information content (AvgIpc) is 2.48. The highest BCUT2D eigenvalue weighted by atomic mass is 16.6. The van der Waals surface area contributed by atoms with Crippen LogP contribution in [0.4, 0.5) is 0 Å². The highest BCUT2D eigenvalue weighted by Crippen LogP contribution is 2.33. The molecule has 6 nitrogen and oxygen atoms in total. The number of aromatic nitrogens is 3. The molecule has 0 fully saturated rings. The zero-order valence-electron chi connectivity index (χ0n) is 10.4. The van der Waals surface area contributed by atoms with Crippen LogP contribution in [-0.4, -0.2) is 34.9 Å². The SMILES string of the molecule is NCCc1ncc(-c2ccc3c(c2)OCCO3)nn1. The van der Waals surface area contributed by atoms with Crippen LogP contribution in [0, 0.1) is 0 Å². The summed E-state index contributed by atoms with van der Waals surface area (Å²) in [5.41, 5.74) is 7.06. The monoisotopic (exact) mass is 258 g/mol. The lowest BCUT2D eigenvalue weighted by Crippen LogP contribution is -2.15. The van der Waals surface area contributed by atoms with Gasteiger partial charge in [0.15, 0.2) is 17.3 Å². The van der Waals surface area contributed by atoms with Gasteiger partial charge in [-0.3, -0.25) is 0 Å². The summed E-state index contributed by atoms with van der Waals surface area (Å²) in [6, 6.07) is 5.68. The first-order chi connectivity index (χ1) is 9.36. The summed E-state index contributed by atoms with van der Waals surface area (Å²) in [6.45, 7) is 1.67. The zero-order valence-corrected chi connectivity index (χ0v) is 10.4. The van der Waals surface area contributed by atoms with Crippen LogP contribution in [-0.2, 0) is 6.42 Å². The molecule has 6 heteroatoms. The Morgan fingerprint density at radius 1 is 1.11 bits per heavy atom. The van der Waals surface area contributed by atoms with E-state index in [9.17, 15) is 0 Å².